The number of nitro groups is 1. The minimum Gasteiger partial charge on any atom is -0.265 e. The van der Waals surface area contributed by atoms with Gasteiger partial charge >= 0.3 is 0 Å². The van der Waals surface area contributed by atoms with Gasteiger partial charge in [0, 0.05) is 17.6 Å². The van der Waals surface area contributed by atoms with Crippen LogP contribution >= 0.6 is 0 Å². The second kappa shape index (κ2) is 8.68. The Morgan fingerprint density at radius 3 is 2.50 bits per heavy atom. The molecule has 1 aliphatic carbocycles. The van der Waals surface area contributed by atoms with Gasteiger partial charge in [-0.2, -0.15) is 5.10 Å². The van der Waals surface area contributed by atoms with E-state index >= 15 is 0 Å². The Bertz CT molecular complexity index is 956. The molecular weight excluding hydrogens is 378 g/mol. The summed E-state index contributed by atoms with van der Waals surface area (Å²) in [6, 6.07) is 9.15. The molecule has 1 aliphatic rings. The summed E-state index contributed by atoms with van der Waals surface area (Å²) in [5, 5.41) is 15.2. The van der Waals surface area contributed by atoms with Gasteiger partial charge in [-0.25, -0.2) is 8.42 Å². The molecule has 8 heteroatoms. The smallest absolute Gasteiger partial charge is 0.207 e. The van der Waals surface area contributed by atoms with Crippen LogP contribution in [-0.2, 0) is 9.84 Å². The largest absolute Gasteiger partial charge is 0.265 e. The van der Waals surface area contributed by atoms with Crippen molar-refractivity contribution in [3.8, 4) is 11.3 Å². The van der Waals surface area contributed by atoms with Gasteiger partial charge in [-0.15, -0.1) is 0 Å². The average Bonchev–Trinajstić information content (AvgIpc) is 3.09. The lowest BCUT2D eigenvalue weighted by molar-refractivity contribution is -0.478. The minimum absolute atomic E-state index is 0.0976. The molecule has 0 atom stereocenters. The third kappa shape index (κ3) is 5.07. The highest BCUT2D eigenvalue weighted by atomic mass is 32.2. The number of benzene rings is 1. The summed E-state index contributed by atoms with van der Waals surface area (Å²) in [4.78, 5) is 10.4. The molecular formula is C20H25N3O4S. The van der Waals surface area contributed by atoms with E-state index in [1.54, 1.807) is 18.2 Å². The topological polar surface area (TPSA) is 95.1 Å². The van der Waals surface area contributed by atoms with Crippen LogP contribution in [0.4, 0.5) is 0 Å². The highest BCUT2D eigenvalue weighted by molar-refractivity contribution is 7.90. The molecule has 1 fully saturated rings. The van der Waals surface area contributed by atoms with Crippen LogP contribution in [0.3, 0.4) is 0 Å². The molecule has 0 aliphatic heterocycles. The molecule has 0 amide bonds. The predicted octanol–water partition coefficient (Wildman–Crippen LogP) is 4.14. The minimum atomic E-state index is -3.24. The third-order valence-corrected chi connectivity index (χ3v) is 6.15. The summed E-state index contributed by atoms with van der Waals surface area (Å²) in [7, 11) is -3.24. The van der Waals surface area contributed by atoms with Crippen molar-refractivity contribution in [2.75, 3.05) is 12.8 Å². The Balaban J connectivity index is 1.92. The van der Waals surface area contributed by atoms with E-state index in [-0.39, 0.29) is 11.5 Å². The van der Waals surface area contributed by atoms with Crippen molar-refractivity contribution in [3.63, 3.8) is 0 Å². The lowest BCUT2D eigenvalue weighted by atomic mass is 9.95. The zero-order valence-electron chi connectivity index (χ0n) is 16.0. The molecule has 3 rings (SSSR count). The number of nitrogens with zero attached hydrogens (tertiary/aromatic N) is 3. The van der Waals surface area contributed by atoms with Crippen molar-refractivity contribution in [2.45, 2.75) is 49.5 Å². The van der Waals surface area contributed by atoms with E-state index in [1.807, 2.05) is 29.0 Å². The predicted molar refractivity (Wildman–Crippen MR) is 108 cm³/mol. The maximum atomic E-state index is 11.7. The molecule has 1 heterocycles. The first kappa shape index (κ1) is 20.3. The van der Waals surface area contributed by atoms with Crippen LogP contribution in [0.2, 0.25) is 0 Å². The van der Waals surface area contributed by atoms with E-state index in [2.05, 4.69) is 0 Å². The van der Waals surface area contributed by atoms with E-state index in [4.69, 9.17) is 5.10 Å². The van der Waals surface area contributed by atoms with Crippen molar-refractivity contribution in [1.29, 1.82) is 0 Å². The first-order chi connectivity index (χ1) is 13.3. The molecule has 1 aromatic heterocycles. The fourth-order valence-electron chi connectivity index (χ4n) is 3.57. The molecule has 0 bridgehead atoms. The van der Waals surface area contributed by atoms with Crippen molar-refractivity contribution in [2.24, 2.45) is 0 Å². The van der Waals surface area contributed by atoms with Crippen LogP contribution in [0, 0.1) is 10.1 Å². The summed E-state index contributed by atoms with van der Waals surface area (Å²) in [6.45, 7) is -0.0976. The standard InChI is InChI=1S/C20H25N3O4S/c1-28(26,27)19-12-10-16(11-13-19)20-15-17(7-5-6-14-22(24)25)21-23(20)18-8-3-2-4-9-18/h5,7,10-13,15,18H,2-4,6,8-9,14H2,1H3/b7-5-. The lowest BCUT2D eigenvalue weighted by Crippen LogP contribution is -2.15. The number of rotatable bonds is 7. The second-order valence-corrected chi connectivity index (χ2v) is 9.25. The molecule has 0 saturated heterocycles. The Morgan fingerprint density at radius 2 is 1.89 bits per heavy atom. The van der Waals surface area contributed by atoms with Gasteiger partial charge in [-0.05, 0) is 42.7 Å². The molecule has 0 radical (unpaired) electrons. The van der Waals surface area contributed by atoms with E-state index in [9.17, 15) is 18.5 Å². The van der Waals surface area contributed by atoms with Crippen molar-refractivity contribution in [3.05, 3.63) is 52.2 Å². The molecule has 2 aromatic rings. The zero-order chi connectivity index (χ0) is 20.1. The SMILES string of the molecule is CS(=O)(=O)c1ccc(-c2cc(/C=C\CC[N+](=O)[O-])nn2C2CCCCC2)cc1. The third-order valence-electron chi connectivity index (χ3n) is 5.02. The van der Waals surface area contributed by atoms with Gasteiger partial charge in [0.05, 0.1) is 22.3 Å². The van der Waals surface area contributed by atoms with Gasteiger partial charge in [0.2, 0.25) is 6.54 Å². The van der Waals surface area contributed by atoms with Gasteiger partial charge in [-0.1, -0.05) is 37.5 Å². The monoisotopic (exact) mass is 403 g/mol. The lowest BCUT2D eigenvalue weighted by Gasteiger charge is -2.24. The Morgan fingerprint density at radius 1 is 1.21 bits per heavy atom. The number of aromatic nitrogens is 2. The number of hydrogen-bond donors (Lipinski definition) is 0. The highest BCUT2D eigenvalue weighted by Gasteiger charge is 2.20. The van der Waals surface area contributed by atoms with Crippen LogP contribution in [0.15, 0.2) is 41.3 Å². The van der Waals surface area contributed by atoms with Crippen molar-refractivity contribution >= 4 is 15.9 Å². The fraction of sp³-hybridized carbons (Fsp3) is 0.450. The van der Waals surface area contributed by atoms with Crippen LogP contribution in [0.1, 0.15) is 50.3 Å². The maximum absolute atomic E-state index is 11.7. The summed E-state index contributed by atoms with van der Waals surface area (Å²) in [5.74, 6) is 0. The number of hydrogen-bond acceptors (Lipinski definition) is 5. The van der Waals surface area contributed by atoms with Gasteiger partial charge < -0.3 is 0 Å². The zero-order valence-corrected chi connectivity index (χ0v) is 16.8. The van der Waals surface area contributed by atoms with Gasteiger partial charge in [0.1, 0.15) is 0 Å². The van der Waals surface area contributed by atoms with Crippen LogP contribution in [-0.4, -0.2) is 35.9 Å². The van der Waals surface area contributed by atoms with Crippen LogP contribution in [0.5, 0.6) is 0 Å². The molecule has 0 unspecified atom stereocenters. The van der Waals surface area contributed by atoms with Crippen molar-refractivity contribution < 1.29 is 13.3 Å². The maximum Gasteiger partial charge on any atom is 0.207 e. The van der Waals surface area contributed by atoms with Gasteiger partial charge in [0.15, 0.2) is 9.84 Å². The molecule has 1 saturated carbocycles. The van der Waals surface area contributed by atoms with E-state index in [0.717, 1.165) is 29.8 Å². The fourth-order valence-corrected chi connectivity index (χ4v) is 4.20. The molecule has 150 valence electrons. The van der Waals surface area contributed by atoms with Crippen LogP contribution < -0.4 is 0 Å². The Labute approximate surface area is 165 Å². The van der Waals surface area contributed by atoms with E-state index < -0.39 is 9.84 Å². The van der Waals surface area contributed by atoms with Gasteiger partial charge in [-0.3, -0.25) is 14.8 Å². The highest BCUT2D eigenvalue weighted by Crippen LogP contribution is 2.33. The van der Waals surface area contributed by atoms with Crippen LogP contribution in [0.25, 0.3) is 17.3 Å². The van der Waals surface area contributed by atoms with Gasteiger partial charge in [0.25, 0.3) is 0 Å². The summed E-state index contributed by atoms with van der Waals surface area (Å²) >= 11 is 0. The normalized spacial score (nSPS) is 15.9. The Kier molecular flexibility index (Phi) is 6.28. The number of sulfone groups is 1. The first-order valence-electron chi connectivity index (χ1n) is 9.53. The van der Waals surface area contributed by atoms with Crippen molar-refractivity contribution in [1.82, 2.24) is 9.78 Å². The molecule has 28 heavy (non-hydrogen) atoms. The quantitative estimate of drug-likeness (QED) is 0.511. The second-order valence-electron chi connectivity index (χ2n) is 7.23. The average molecular weight is 404 g/mol. The summed E-state index contributed by atoms with van der Waals surface area (Å²) in [5.41, 5.74) is 2.62. The Hall–Kier alpha value is -2.48. The van der Waals surface area contributed by atoms with E-state index in [1.165, 1.54) is 25.5 Å². The molecule has 0 spiro atoms. The molecule has 1 aromatic carbocycles. The summed E-state index contributed by atoms with van der Waals surface area (Å²) < 4.78 is 25.5. The van der Waals surface area contributed by atoms with E-state index in [0.29, 0.717) is 17.4 Å². The molecule has 7 nitrogen and oxygen atoms in total. The summed E-state index contributed by atoms with van der Waals surface area (Å²) in [6.07, 6.45) is 10.9. The first-order valence-corrected chi connectivity index (χ1v) is 11.4. The molecule has 0 N–H and O–H groups in total.